The number of β-lactam (4-membered cyclic amide) rings is 1. The maximum absolute atomic E-state index is 13.0. The van der Waals surface area contributed by atoms with Crippen LogP contribution in [0.25, 0.3) is 0 Å². The van der Waals surface area contributed by atoms with Crippen LogP contribution in [0.2, 0.25) is 0 Å². The van der Waals surface area contributed by atoms with Gasteiger partial charge in [0.05, 0.1) is 29.4 Å². The quantitative estimate of drug-likeness (QED) is 0.543. The van der Waals surface area contributed by atoms with Gasteiger partial charge in [0.25, 0.3) is 5.91 Å². The maximum Gasteiger partial charge on any atom is 0.266 e. The van der Waals surface area contributed by atoms with Gasteiger partial charge in [-0.15, -0.1) is 11.3 Å². The van der Waals surface area contributed by atoms with Crippen LogP contribution in [0.3, 0.4) is 0 Å². The SMILES string of the molecule is COc1cccc(O[C@H]2C(=O)N(CCc3csc(C)n3)[C@H]2c2ccc(C#N)cc2)c1. The number of nitriles is 1. The zero-order valence-electron chi connectivity index (χ0n) is 16.7. The molecule has 1 saturated heterocycles. The fourth-order valence-electron chi connectivity index (χ4n) is 3.57. The minimum absolute atomic E-state index is 0.0564. The summed E-state index contributed by atoms with van der Waals surface area (Å²) in [5.74, 6) is 1.20. The number of hydrogen-bond acceptors (Lipinski definition) is 6. The van der Waals surface area contributed by atoms with Crippen LogP contribution >= 0.6 is 11.3 Å². The summed E-state index contributed by atoms with van der Waals surface area (Å²) in [5, 5.41) is 12.1. The first-order chi connectivity index (χ1) is 14.6. The fourth-order valence-corrected chi connectivity index (χ4v) is 4.22. The summed E-state index contributed by atoms with van der Waals surface area (Å²) in [7, 11) is 1.59. The van der Waals surface area contributed by atoms with Gasteiger partial charge in [-0.05, 0) is 36.8 Å². The number of carbonyl (C=O) groups excluding carboxylic acids is 1. The van der Waals surface area contributed by atoms with E-state index >= 15 is 0 Å². The number of rotatable bonds is 7. The lowest BCUT2D eigenvalue weighted by Gasteiger charge is -2.46. The summed E-state index contributed by atoms with van der Waals surface area (Å²) in [6.45, 7) is 2.53. The Labute approximate surface area is 179 Å². The highest BCUT2D eigenvalue weighted by atomic mass is 32.1. The monoisotopic (exact) mass is 419 g/mol. The van der Waals surface area contributed by atoms with Gasteiger partial charge in [0.1, 0.15) is 17.5 Å². The third kappa shape index (κ3) is 4.00. The number of thiazole rings is 1. The van der Waals surface area contributed by atoms with Crippen LogP contribution in [0.5, 0.6) is 11.5 Å². The third-order valence-corrected chi connectivity index (χ3v) is 5.93. The predicted molar refractivity (Wildman–Crippen MR) is 114 cm³/mol. The lowest BCUT2D eigenvalue weighted by molar-refractivity contribution is -0.164. The average Bonchev–Trinajstić information content (AvgIpc) is 3.20. The van der Waals surface area contributed by atoms with E-state index in [0.29, 0.717) is 30.0 Å². The molecule has 1 aromatic heterocycles. The molecule has 0 N–H and O–H groups in total. The van der Waals surface area contributed by atoms with Crippen molar-refractivity contribution in [3.8, 4) is 17.6 Å². The van der Waals surface area contributed by atoms with Crippen LogP contribution < -0.4 is 9.47 Å². The molecule has 6 nitrogen and oxygen atoms in total. The van der Waals surface area contributed by atoms with Crippen molar-refractivity contribution < 1.29 is 14.3 Å². The second-order valence-electron chi connectivity index (χ2n) is 7.04. The predicted octanol–water partition coefficient (Wildman–Crippen LogP) is 3.91. The standard InChI is InChI=1S/C23H21N3O3S/c1-15-25-18(14-30-15)10-11-26-21(17-8-6-16(13-24)7-9-17)22(23(26)27)29-20-5-3-4-19(12-20)28-2/h3-9,12,14,21-22H,10-11H2,1-2H3/t21-,22+/m0/s1. The molecule has 0 radical (unpaired) electrons. The zero-order valence-corrected chi connectivity index (χ0v) is 17.6. The Morgan fingerprint density at radius 2 is 1.97 bits per heavy atom. The molecule has 1 amide bonds. The first kappa shape index (κ1) is 19.9. The number of nitrogens with zero attached hydrogens (tertiary/aromatic N) is 3. The highest BCUT2D eigenvalue weighted by Gasteiger charge is 2.49. The molecule has 3 aromatic rings. The molecule has 2 atom stereocenters. The van der Waals surface area contributed by atoms with E-state index in [4.69, 9.17) is 14.7 Å². The number of benzene rings is 2. The van der Waals surface area contributed by atoms with Gasteiger partial charge in [0, 0.05) is 24.4 Å². The van der Waals surface area contributed by atoms with Crippen LogP contribution in [-0.2, 0) is 11.2 Å². The van der Waals surface area contributed by atoms with Gasteiger partial charge < -0.3 is 14.4 Å². The van der Waals surface area contributed by atoms with Gasteiger partial charge in [0.15, 0.2) is 0 Å². The smallest absolute Gasteiger partial charge is 0.266 e. The maximum atomic E-state index is 13.0. The van der Waals surface area contributed by atoms with Crippen molar-refractivity contribution in [2.75, 3.05) is 13.7 Å². The Kier molecular flexibility index (Phi) is 5.68. The minimum atomic E-state index is -0.623. The molecule has 0 spiro atoms. The molecule has 0 aliphatic carbocycles. The van der Waals surface area contributed by atoms with Crippen molar-refractivity contribution in [2.24, 2.45) is 0 Å². The van der Waals surface area contributed by atoms with Crippen LogP contribution in [0.4, 0.5) is 0 Å². The van der Waals surface area contributed by atoms with E-state index in [-0.39, 0.29) is 11.9 Å². The van der Waals surface area contributed by atoms with Crippen molar-refractivity contribution in [1.29, 1.82) is 5.26 Å². The average molecular weight is 420 g/mol. The van der Waals surface area contributed by atoms with Crippen LogP contribution in [0, 0.1) is 18.3 Å². The molecule has 1 fully saturated rings. The number of amides is 1. The Morgan fingerprint density at radius 3 is 2.63 bits per heavy atom. The molecule has 4 rings (SSSR count). The minimum Gasteiger partial charge on any atom is -0.497 e. The van der Waals surface area contributed by atoms with E-state index in [1.165, 1.54) is 0 Å². The van der Waals surface area contributed by atoms with Gasteiger partial charge in [-0.25, -0.2) is 4.98 Å². The first-order valence-electron chi connectivity index (χ1n) is 9.61. The topological polar surface area (TPSA) is 75.5 Å². The number of ether oxygens (including phenoxy) is 2. The van der Waals surface area contributed by atoms with Crippen molar-refractivity contribution in [2.45, 2.75) is 25.5 Å². The number of methoxy groups -OCH3 is 1. The second-order valence-corrected chi connectivity index (χ2v) is 8.10. The van der Waals surface area contributed by atoms with E-state index in [2.05, 4.69) is 11.1 Å². The molecule has 2 aromatic carbocycles. The molecular weight excluding hydrogens is 398 g/mol. The molecule has 0 unspecified atom stereocenters. The van der Waals surface area contributed by atoms with Crippen molar-refractivity contribution in [3.05, 3.63) is 75.7 Å². The molecule has 0 bridgehead atoms. The number of carbonyl (C=O) groups is 1. The molecule has 0 saturated carbocycles. The molecule has 1 aliphatic heterocycles. The summed E-state index contributed by atoms with van der Waals surface area (Å²) < 4.78 is 11.3. The molecule has 152 valence electrons. The highest BCUT2D eigenvalue weighted by Crippen LogP contribution is 2.38. The molecule has 7 heteroatoms. The largest absolute Gasteiger partial charge is 0.497 e. The van der Waals surface area contributed by atoms with Crippen LogP contribution in [0.15, 0.2) is 53.9 Å². The van der Waals surface area contributed by atoms with E-state index in [1.54, 1.807) is 36.6 Å². The first-order valence-corrected chi connectivity index (χ1v) is 10.5. The number of aromatic nitrogens is 1. The highest BCUT2D eigenvalue weighted by molar-refractivity contribution is 7.09. The normalized spacial score (nSPS) is 17.9. The zero-order chi connectivity index (χ0) is 21.1. The summed E-state index contributed by atoms with van der Waals surface area (Å²) in [6.07, 6.45) is 0.0663. The van der Waals surface area contributed by atoms with Gasteiger partial charge in [-0.2, -0.15) is 5.26 Å². The molecule has 2 heterocycles. The Morgan fingerprint density at radius 1 is 1.20 bits per heavy atom. The molecule has 30 heavy (non-hydrogen) atoms. The van der Waals surface area contributed by atoms with E-state index in [9.17, 15) is 4.79 Å². The van der Waals surface area contributed by atoms with Crippen molar-refractivity contribution in [3.63, 3.8) is 0 Å². The summed E-state index contributed by atoms with van der Waals surface area (Å²) in [5.41, 5.74) is 2.51. The number of likely N-dealkylation sites (tertiary alicyclic amines) is 1. The molecular formula is C23H21N3O3S. The van der Waals surface area contributed by atoms with E-state index in [1.807, 2.05) is 47.5 Å². The lowest BCUT2D eigenvalue weighted by atomic mass is 9.89. The Bertz CT molecular complexity index is 1090. The van der Waals surface area contributed by atoms with Gasteiger partial charge in [-0.1, -0.05) is 18.2 Å². The van der Waals surface area contributed by atoms with E-state index in [0.717, 1.165) is 16.3 Å². The summed E-state index contributed by atoms with van der Waals surface area (Å²) >= 11 is 1.61. The summed E-state index contributed by atoms with van der Waals surface area (Å²) in [6, 6.07) is 16.4. The Balaban J connectivity index is 1.56. The van der Waals surface area contributed by atoms with Crippen molar-refractivity contribution >= 4 is 17.2 Å². The fraction of sp³-hybridized carbons (Fsp3) is 0.261. The molecule has 1 aliphatic rings. The lowest BCUT2D eigenvalue weighted by Crippen LogP contribution is -2.61. The van der Waals surface area contributed by atoms with Gasteiger partial charge in [-0.3, -0.25) is 4.79 Å². The Hall–Kier alpha value is -3.37. The van der Waals surface area contributed by atoms with Crippen molar-refractivity contribution in [1.82, 2.24) is 9.88 Å². The van der Waals surface area contributed by atoms with E-state index < -0.39 is 6.10 Å². The third-order valence-electron chi connectivity index (χ3n) is 5.11. The summed E-state index contributed by atoms with van der Waals surface area (Å²) in [4.78, 5) is 19.3. The van der Waals surface area contributed by atoms with Gasteiger partial charge in [0.2, 0.25) is 6.10 Å². The van der Waals surface area contributed by atoms with Gasteiger partial charge >= 0.3 is 0 Å². The van der Waals surface area contributed by atoms with Crippen LogP contribution in [-0.4, -0.2) is 35.5 Å². The number of aryl methyl sites for hydroxylation is 1. The van der Waals surface area contributed by atoms with Crippen LogP contribution in [0.1, 0.15) is 27.9 Å². The number of hydrogen-bond donors (Lipinski definition) is 0. The second kappa shape index (κ2) is 8.56.